The van der Waals surface area contributed by atoms with Gasteiger partial charge in [0.1, 0.15) is 0 Å². The zero-order valence-electron chi connectivity index (χ0n) is 16.5. The number of carbonyl (C=O) groups is 2. The van der Waals surface area contributed by atoms with Crippen LogP contribution in [0.4, 0.5) is 0 Å². The summed E-state index contributed by atoms with van der Waals surface area (Å²) in [6.45, 7) is 3.88. The maximum absolute atomic E-state index is 13.4. The van der Waals surface area contributed by atoms with E-state index >= 15 is 0 Å². The number of carbonyl (C=O) groups excluding carboxylic acids is 2. The molecule has 0 saturated carbocycles. The summed E-state index contributed by atoms with van der Waals surface area (Å²) in [5.74, 6) is 0.492. The Kier molecular flexibility index (Phi) is 4.84. The van der Waals surface area contributed by atoms with E-state index in [-0.39, 0.29) is 24.3 Å². The SMILES string of the molecule is COC(=O)C1=C(C)N(C(C)c2ccccc2)C(=O)/C1=C\c1ccc2c(c1)OCO2. The van der Waals surface area contributed by atoms with Crippen molar-refractivity contribution in [1.29, 1.82) is 0 Å². The predicted octanol–water partition coefficient (Wildman–Crippen LogP) is 3.85. The summed E-state index contributed by atoms with van der Waals surface area (Å²) >= 11 is 0. The monoisotopic (exact) mass is 391 g/mol. The smallest absolute Gasteiger partial charge is 0.340 e. The van der Waals surface area contributed by atoms with Crippen molar-refractivity contribution in [3.05, 3.63) is 76.5 Å². The number of allylic oxidation sites excluding steroid dienone is 1. The summed E-state index contributed by atoms with van der Waals surface area (Å²) in [5, 5.41) is 0. The molecule has 2 heterocycles. The number of nitrogens with zero attached hydrogens (tertiary/aromatic N) is 1. The van der Waals surface area contributed by atoms with Crippen LogP contribution in [0.25, 0.3) is 6.08 Å². The van der Waals surface area contributed by atoms with E-state index in [0.29, 0.717) is 22.8 Å². The molecule has 0 spiro atoms. The highest BCUT2D eigenvalue weighted by atomic mass is 16.7. The number of hydrogen-bond donors (Lipinski definition) is 0. The van der Waals surface area contributed by atoms with Gasteiger partial charge in [-0.15, -0.1) is 0 Å². The van der Waals surface area contributed by atoms with Gasteiger partial charge in [0, 0.05) is 5.70 Å². The lowest BCUT2D eigenvalue weighted by Crippen LogP contribution is -2.28. The van der Waals surface area contributed by atoms with Gasteiger partial charge in [-0.25, -0.2) is 4.79 Å². The van der Waals surface area contributed by atoms with Crippen LogP contribution in [0.1, 0.15) is 31.0 Å². The van der Waals surface area contributed by atoms with E-state index in [1.807, 2.05) is 43.3 Å². The number of amides is 1. The van der Waals surface area contributed by atoms with Gasteiger partial charge in [-0.2, -0.15) is 0 Å². The van der Waals surface area contributed by atoms with Gasteiger partial charge in [0.2, 0.25) is 6.79 Å². The average molecular weight is 391 g/mol. The first-order valence-corrected chi connectivity index (χ1v) is 9.30. The number of ether oxygens (including phenoxy) is 3. The molecule has 0 aliphatic carbocycles. The summed E-state index contributed by atoms with van der Waals surface area (Å²) in [6.07, 6.45) is 1.69. The van der Waals surface area contributed by atoms with Crippen LogP contribution in [0.15, 0.2) is 65.4 Å². The van der Waals surface area contributed by atoms with Crippen LogP contribution in [0.2, 0.25) is 0 Å². The zero-order valence-corrected chi connectivity index (χ0v) is 16.5. The lowest BCUT2D eigenvalue weighted by atomic mass is 10.0. The van der Waals surface area contributed by atoms with Crippen LogP contribution in [0.3, 0.4) is 0 Å². The third-order valence-corrected chi connectivity index (χ3v) is 5.21. The van der Waals surface area contributed by atoms with E-state index in [1.165, 1.54) is 7.11 Å². The molecular formula is C23H21NO5. The molecule has 1 atom stereocenters. The maximum Gasteiger partial charge on any atom is 0.340 e. The van der Waals surface area contributed by atoms with Crippen LogP contribution < -0.4 is 9.47 Å². The molecule has 0 radical (unpaired) electrons. The molecule has 0 fully saturated rings. The average Bonchev–Trinajstić information content (AvgIpc) is 3.30. The van der Waals surface area contributed by atoms with Gasteiger partial charge in [0.15, 0.2) is 11.5 Å². The second-order valence-corrected chi connectivity index (χ2v) is 6.88. The zero-order chi connectivity index (χ0) is 20.5. The van der Waals surface area contributed by atoms with Crippen LogP contribution in [-0.2, 0) is 14.3 Å². The Morgan fingerprint density at radius 1 is 1.14 bits per heavy atom. The molecule has 0 saturated heterocycles. The standard InChI is InChI=1S/C23H21NO5/c1-14(17-7-5-4-6-8-17)24-15(2)21(23(26)27-3)18(22(24)25)11-16-9-10-19-20(12-16)29-13-28-19/h4-12,14H,13H2,1-3H3/b18-11-. The highest BCUT2D eigenvalue weighted by Gasteiger charge is 2.39. The lowest BCUT2D eigenvalue weighted by Gasteiger charge is -2.26. The first kappa shape index (κ1) is 18.8. The molecule has 6 heteroatoms. The summed E-state index contributed by atoms with van der Waals surface area (Å²) in [6, 6.07) is 14.9. The van der Waals surface area contributed by atoms with Gasteiger partial charge in [0.05, 0.1) is 24.3 Å². The molecule has 0 aromatic heterocycles. The number of esters is 1. The highest BCUT2D eigenvalue weighted by Crippen LogP contribution is 2.39. The number of fused-ring (bicyclic) bond motifs is 1. The summed E-state index contributed by atoms with van der Waals surface area (Å²) in [7, 11) is 1.31. The van der Waals surface area contributed by atoms with E-state index in [9.17, 15) is 9.59 Å². The number of methoxy groups -OCH3 is 1. The van der Waals surface area contributed by atoms with E-state index in [4.69, 9.17) is 14.2 Å². The van der Waals surface area contributed by atoms with Crippen molar-refractivity contribution < 1.29 is 23.8 Å². The predicted molar refractivity (Wildman–Crippen MR) is 107 cm³/mol. The maximum atomic E-state index is 13.4. The fourth-order valence-corrected chi connectivity index (χ4v) is 3.71. The molecule has 2 aromatic carbocycles. The van der Waals surface area contributed by atoms with E-state index in [2.05, 4.69) is 0 Å². The molecule has 6 nitrogen and oxygen atoms in total. The van der Waals surface area contributed by atoms with Gasteiger partial charge < -0.3 is 19.1 Å². The molecular weight excluding hydrogens is 370 g/mol. The van der Waals surface area contributed by atoms with E-state index < -0.39 is 5.97 Å². The van der Waals surface area contributed by atoms with Crippen molar-refractivity contribution >= 4 is 18.0 Å². The van der Waals surface area contributed by atoms with Gasteiger partial charge in [0.25, 0.3) is 5.91 Å². The van der Waals surface area contributed by atoms with E-state index in [1.54, 1.807) is 30.0 Å². The van der Waals surface area contributed by atoms with E-state index in [0.717, 1.165) is 11.1 Å². The third-order valence-electron chi connectivity index (χ3n) is 5.21. The van der Waals surface area contributed by atoms with Crippen molar-refractivity contribution in [2.75, 3.05) is 13.9 Å². The number of hydrogen-bond acceptors (Lipinski definition) is 5. The molecule has 1 unspecified atom stereocenters. The lowest BCUT2D eigenvalue weighted by molar-refractivity contribution is -0.136. The molecule has 29 heavy (non-hydrogen) atoms. The third kappa shape index (κ3) is 3.27. The van der Waals surface area contributed by atoms with Crippen molar-refractivity contribution in [3.8, 4) is 11.5 Å². The summed E-state index contributed by atoms with van der Waals surface area (Å²) in [4.78, 5) is 27.5. The van der Waals surface area contributed by atoms with Crippen molar-refractivity contribution in [1.82, 2.24) is 4.90 Å². The summed E-state index contributed by atoms with van der Waals surface area (Å²) < 4.78 is 15.7. The highest BCUT2D eigenvalue weighted by molar-refractivity contribution is 6.16. The Bertz CT molecular complexity index is 1040. The molecule has 1 amide bonds. The fourth-order valence-electron chi connectivity index (χ4n) is 3.71. The van der Waals surface area contributed by atoms with Crippen LogP contribution in [-0.4, -0.2) is 30.7 Å². The van der Waals surface area contributed by atoms with Crippen LogP contribution in [0.5, 0.6) is 11.5 Å². The molecule has 4 rings (SSSR count). The first-order valence-electron chi connectivity index (χ1n) is 9.30. The first-order chi connectivity index (χ1) is 14.0. The fraction of sp³-hybridized carbons (Fsp3) is 0.217. The van der Waals surface area contributed by atoms with Crippen molar-refractivity contribution in [3.63, 3.8) is 0 Å². The van der Waals surface area contributed by atoms with Crippen LogP contribution >= 0.6 is 0 Å². The minimum absolute atomic E-state index is 0.170. The van der Waals surface area contributed by atoms with Gasteiger partial charge in [-0.3, -0.25) is 4.79 Å². The van der Waals surface area contributed by atoms with Crippen molar-refractivity contribution in [2.24, 2.45) is 0 Å². The Hall–Kier alpha value is -3.54. The minimum Gasteiger partial charge on any atom is -0.465 e. The largest absolute Gasteiger partial charge is 0.465 e. The molecule has 2 aliphatic heterocycles. The van der Waals surface area contributed by atoms with Gasteiger partial charge >= 0.3 is 5.97 Å². The normalized spacial score (nSPS) is 17.8. The van der Waals surface area contributed by atoms with Crippen molar-refractivity contribution in [2.45, 2.75) is 19.9 Å². The Morgan fingerprint density at radius 2 is 1.86 bits per heavy atom. The topological polar surface area (TPSA) is 65.1 Å². The molecule has 2 aliphatic rings. The Labute approximate surface area is 169 Å². The number of benzene rings is 2. The Morgan fingerprint density at radius 3 is 2.59 bits per heavy atom. The quantitative estimate of drug-likeness (QED) is 0.585. The second kappa shape index (κ2) is 7.47. The summed E-state index contributed by atoms with van der Waals surface area (Å²) in [5.41, 5.74) is 2.87. The minimum atomic E-state index is -0.536. The van der Waals surface area contributed by atoms with Crippen LogP contribution in [0, 0.1) is 0 Å². The Balaban J connectivity index is 1.77. The molecule has 0 N–H and O–H groups in total. The van der Waals surface area contributed by atoms with Gasteiger partial charge in [-0.05, 0) is 43.2 Å². The number of rotatable bonds is 4. The molecule has 0 bridgehead atoms. The molecule has 148 valence electrons. The second-order valence-electron chi connectivity index (χ2n) is 6.88. The molecule has 2 aromatic rings. The van der Waals surface area contributed by atoms with Gasteiger partial charge in [-0.1, -0.05) is 36.4 Å².